The van der Waals surface area contributed by atoms with Crippen LogP contribution >= 0.6 is 0 Å². The van der Waals surface area contributed by atoms with Crippen molar-refractivity contribution in [1.29, 1.82) is 0 Å². The lowest BCUT2D eigenvalue weighted by atomic mass is 9.91. The molecule has 5 nitrogen and oxygen atoms in total. The second kappa shape index (κ2) is 3.25. The normalized spacial score (nSPS) is 11.4. The number of hydrogen-bond acceptors (Lipinski definition) is 3. The van der Waals surface area contributed by atoms with Crippen molar-refractivity contribution in [2.75, 3.05) is 0 Å². The fraction of sp³-hybridized carbons (Fsp3) is 0.444. The number of aromatic carboxylic acids is 1. The van der Waals surface area contributed by atoms with Crippen molar-refractivity contribution in [3.05, 3.63) is 27.7 Å². The number of nitrogens with one attached hydrogen (secondary N) is 1. The van der Waals surface area contributed by atoms with Gasteiger partial charge >= 0.3 is 5.97 Å². The Morgan fingerprint density at radius 2 is 2.07 bits per heavy atom. The largest absolute Gasteiger partial charge is 0.477 e. The van der Waals surface area contributed by atoms with Crippen LogP contribution < -0.4 is 5.43 Å². The first kappa shape index (κ1) is 10.4. The number of aromatic nitrogens is 2. The minimum atomic E-state index is -1.24. The monoisotopic (exact) mass is 196 g/mol. The molecule has 0 amide bonds. The van der Waals surface area contributed by atoms with Gasteiger partial charge in [-0.15, -0.1) is 0 Å². The Kier molecular flexibility index (Phi) is 2.42. The zero-order valence-electron chi connectivity index (χ0n) is 8.29. The lowest BCUT2D eigenvalue weighted by molar-refractivity contribution is 0.0694. The third-order valence-corrected chi connectivity index (χ3v) is 1.79. The number of carboxylic acid groups (broad SMARTS) is 1. The van der Waals surface area contributed by atoms with Gasteiger partial charge in [0.2, 0.25) is 5.43 Å². The van der Waals surface area contributed by atoms with E-state index in [0.717, 1.165) is 6.20 Å². The van der Waals surface area contributed by atoms with E-state index in [0.29, 0.717) is 0 Å². The summed E-state index contributed by atoms with van der Waals surface area (Å²) in [6.07, 6.45) is 1.10. The maximum absolute atomic E-state index is 11.6. The number of hydrogen-bond donors (Lipinski definition) is 2. The average Bonchev–Trinajstić information content (AvgIpc) is 2.01. The van der Waals surface area contributed by atoms with Gasteiger partial charge in [-0.25, -0.2) is 4.79 Å². The molecule has 14 heavy (non-hydrogen) atoms. The molecule has 1 heterocycles. The zero-order valence-corrected chi connectivity index (χ0v) is 8.29. The minimum absolute atomic E-state index is 0.234. The van der Waals surface area contributed by atoms with Crippen molar-refractivity contribution in [1.82, 2.24) is 10.2 Å². The second-order valence-electron chi connectivity index (χ2n) is 4.03. The predicted molar refractivity (Wildman–Crippen MR) is 50.5 cm³/mol. The molecule has 0 aromatic carbocycles. The van der Waals surface area contributed by atoms with Crippen LogP contribution in [0.2, 0.25) is 0 Å². The number of nitrogens with zero attached hydrogens (tertiary/aromatic N) is 1. The van der Waals surface area contributed by atoms with Gasteiger partial charge in [-0.3, -0.25) is 9.89 Å². The highest BCUT2D eigenvalue weighted by Crippen LogP contribution is 2.15. The van der Waals surface area contributed by atoms with Gasteiger partial charge in [0.15, 0.2) is 0 Å². The zero-order chi connectivity index (χ0) is 10.9. The van der Waals surface area contributed by atoms with Crippen LogP contribution in [0, 0.1) is 0 Å². The van der Waals surface area contributed by atoms with E-state index < -0.39 is 16.8 Å². The minimum Gasteiger partial charge on any atom is -0.477 e. The van der Waals surface area contributed by atoms with E-state index in [4.69, 9.17) is 5.11 Å². The number of rotatable bonds is 1. The van der Waals surface area contributed by atoms with Crippen LogP contribution in [0.15, 0.2) is 11.0 Å². The van der Waals surface area contributed by atoms with Gasteiger partial charge in [0.05, 0.1) is 0 Å². The smallest absolute Gasteiger partial charge is 0.341 e. The van der Waals surface area contributed by atoms with Crippen molar-refractivity contribution in [2.45, 2.75) is 26.2 Å². The van der Waals surface area contributed by atoms with Gasteiger partial charge in [0.1, 0.15) is 11.3 Å². The molecule has 0 atom stereocenters. The van der Waals surface area contributed by atoms with Crippen molar-refractivity contribution in [3.63, 3.8) is 0 Å². The van der Waals surface area contributed by atoms with E-state index in [1.54, 1.807) is 20.8 Å². The van der Waals surface area contributed by atoms with Gasteiger partial charge in [-0.2, -0.15) is 5.10 Å². The first-order valence-corrected chi connectivity index (χ1v) is 4.16. The summed E-state index contributed by atoms with van der Waals surface area (Å²) in [5.74, 6) is -1.24. The number of carbonyl (C=O) groups is 1. The SMILES string of the molecule is CC(C)(C)c1n[nH]cc(C(=O)O)c1=O. The molecule has 1 aromatic heterocycles. The number of aromatic amines is 1. The topological polar surface area (TPSA) is 83.1 Å². The lowest BCUT2D eigenvalue weighted by Crippen LogP contribution is -2.29. The molecule has 5 heteroatoms. The average molecular weight is 196 g/mol. The molecule has 0 aliphatic rings. The highest BCUT2D eigenvalue weighted by atomic mass is 16.4. The Morgan fingerprint density at radius 1 is 1.50 bits per heavy atom. The van der Waals surface area contributed by atoms with Crippen molar-refractivity contribution < 1.29 is 9.90 Å². The Bertz CT molecular complexity index is 415. The van der Waals surface area contributed by atoms with Gasteiger partial charge in [-0.05, 0) is 0 Å². The van der Waals surface area contributed by atoms with Gasteiger partial charge in [0.25, 0.3) is 0 Å². The molecule has 0 aliphatic heterocycles. The lowest BCUT2D eigenvalue weighted by Gasteiger charge is -2.15. The third-order valence-electron chi connectivity index (χ3n) is 1.79. The molecule has 0 bridgehead atoms. The fourth-order valence-corrected chi connectivity index (χ4v) is 1.07. The van der Waals surface area contributed by atoms with E-state index in [1.165, 1.54) is 0 Å². The van der Waals surface area contributed by atoms with Crippen molar-refractivity contribution in [3.8, 4) is 0 Å². The van der Waals surface area contributed by atoms with E-state index in [1.807, 2.05) is 0 Å². The summed E-state index contributed by atoms with van der Waals surface area (Å²) in [5, 5.41) is 14.9. The maximum atomic E-state index is 11.6. The summed E-state index contributed by atoms with van der Waals surface area (Å²) in [6, 6.07) is 0. The molecule has 0 fully saturated rings. The van der Waals surface area contributed by atoms with Crippen molar-refractivity contribution >= 4 is 5.97 Å². The molecule has 0 radical (unpaired) electrons. The number of carboxylic acids is 1. The summed E-state index contributed by atoms with van der Waals surface area (Å²) in [4.78, 5) is 22.2. The molecule has 0 unspecified atom stereocenters. The molecule has 1 aromatic rings. The van der Waals surface area contributed by atoms with Crippen LogP contribution in [0.25, 0.3) is 0 Å². The van der Waals surface area contributed by atoms with Gasteiger partial charge in [-0.1, -0.05) is 20.8 Å². The van der Waals surface area contributed by atoms with E-state index in [-0.39, 0.29) is 11.3 Å². The van der Waals surface area contributed by atoms with Crippen LogP contribution in [-0.4, -0.2) is 21.3 Å². The fourth-order valence-electron chi connectivity index (χ4n) is 1.07. The Morgan fingerprint density at radius 3 is 2.50 bits per heavy atom. The molecule has 2 N–H and O–H groups in total. The van der Waals surface area contributed by atoms with Crippen LogP contribution in [0.1, 0.15) is 36.8 Å². The summed E-state index contributed by atoms with van der Waals surface area (Å²) < 4.78 is 0. The molecular weight excluding hydrogens is 184 g/mol. The molecule has 0 aliphatic carbocycles. The first-order chi connectivity index (χ1) is 6.34. The second-order valence-corrected chi connectivity index (χ2v) is 4.03. The van der Waals surface area contributed by atoms with Gasteiger partial charge in [0, 0.05) is 11.6 Å². The predicted octanol–water partition coefficient (Wildman–Crippen LogP) is 0.766. The third kappa shape index (κ3) is 1.81. The molecule has 0 saturated carbocycles. The van der Waals surface area contributed by atoms with Crippen LogP contribution in [-0.2, 0) is 5.41 Å². The molecule has 76 valence electrons. The summed E-state index contributed by atoms with van der Waals surface area (Å²) in [7, 11) is 0. The summed E-state index contributed by atoms with van der Waals surface area (Å²) >= 11 is 0. The first-order valence-electron chi connectivity index (χ1n) is 4.16. The molecular formula is C9H12N2O3. The van der Waals surface area contributed by atoms with Crippen LogP contribution in [0.5, 0.6) is 0 Å². The maximum Gasteiger partial charge on any atom is 0.341 e. The highest BCUT2D eigenvalue weighted by Gasteiger charge is 2.23. The Labute approximate surface area is 80.8 Å². The molecule has 0 saturated heterocycles. The van der Waals surface area contributed by atoms with Crippen molar-refractivity contribution in [2.24, 2.45) is 0 Å². The van der Waals surface area contributed by atoms with E-state index in [2.05, 4.69) is 10.2 Å². The Hall–Kier alpha value is -1.65. The molecule has 0 spiro atoms. The van der Waals surface area contributed by atoms with Crippen LogP contribution in [0.3, 0.4) is 0 Å². The Balaban J connectivity index is 3.44. The standard InChI is InChI=1S/C9H12N2O3/c1-9(2,3)7-6(12)5(8(13)14)4-10-11-7/h4H,1-3H3,(H,10,12)(H,13,14). The quantitative estimate of drug-likeness (QED) is 0.694. The van der Waals surface area contributed by atoms with Crippen LogP contribution in [0.4, 0.5) is 0 Å². The summed E-state index contributed by atoms with van der Waals surface area (Å²) in [5.41, 5.74) is -1.02. The van der Waals surface area contributed by atoms with Gasteiger partial charge < -0.3 is 5.11 Å². The summed E-state index contributed by atoms with van der Waals surface area (Å²) in [6.45, 7) is 5.41. The highest BCUT2D eigenvalue weighted by molar-refractivity contribution is 5.87. The van der Waals surface area contributed by atoms with E-state index in [9.17, 15) is 9.59 Å². The van der Waals surface area contributed by atoms with E-state index >= 15 is 0 Å². The number of H-pyrrole nitrogens is 1. The molecule has 1 rings (SSSR count).